The van der Waals surface area contributed by atoms with Crippen molar-refractivity contribution >= 4 is 5.96 Å². The molecule has 0 radical (unpaired) electrons. The van der Waals surface area contributed by atoms with Crippen LogP contribution in [0.4, 0.5) is 0 Å². The zero-order chi connectivity index (χ0) is 18.2. The van der Waals surface area contributed by atoms with Gasteiger partial charge in [0.15, 0.2) is 5.96 Å². The predicted molar refractivity (Wildman–Crippen MR) is 107 cm³/mol. The first-order valence-corrected chi connectivity index (χ1v) is 10.3. The zero-order valence-electron chi connectivity index (χ0n) is 16.2. The molecule has 0 aromatic heterocycles. The third kappa shape index (κ3) is 5.71. The molecule has 0 spiro atoms. The lowest BCUT2D eigenvalue weighted by atomic mass is 10.1. The van der Waals surface area contributed by atoms with E-state index < -0.39 is 0 Å². The molecule has 1 aromatic rings. The van der Waals surface area contributed by atoms with Crippen LogP contribution < -0.4 is 5.32 Å². The molecule has 0 unspecified atom stereocenters. The summed E-state index contributed by atoms with van der Waals surface area (Å²) in [5, 5.41) is 13.1. The number of aliphatic hydroxyl groups excluding tert-OH is 1. The first kappa shape index (κ1) is 19.2. The van der Waals surface area contributed by atoms with Crippen LogP contribution in [0.5, 0.6) is 0 Å². The minimum atomic E-state index is -0.225. The van der Waals surface area contributed by atoms with E-state index in [1.165, 1.54) is 49.9 Å². The monoisotopic (exact) mass is 358 g/mol. The van der Waals surface area contributed by atoms with E-state index in [2.05, 4.69) is 46.3 Å². The third-order valence-corrected chi connectivity index (χ3v) is 5.34. The quantitative estimate of drug-likeness (QED) is 0.627. The zero-order valence-corrected chi connectivity index (χ0v) is 16.2. The van der Waals surface area contributed by atoms with Gasteiger partial charge in [-0.2, -0.15) is 0 Å². The Balaban J connectivity index is 1.55. The molecular weight excluding hydrogens is 324 g/mol. The molecule has 5 heteroatoms. The van der Waals surface area contributed by atoms with E-state index in [9.17, 15) is 5.11 Å². The number of aliphatic hydroxyl groups is 1. The van der Waals surface area contributed by atoms with Crippen LogP contribution in [0.1, 0.15) is 50.2 Å². The average Bonchev–Trinajstić information content (AvgIpc) is 2.92. The van der Waals surface area contributed by atoms with Gasteiger partial charge in [0.25, 0.3) is 0 Å². The van der Waals surface area contributed by atoms with Gasteiger partial charge in [0.05, 0.1) is 12.6 Å². The number of guanidine groups is 1. The second-order valence-corrected chi connectivity index (χ2v) is 7.57. The molecule has 26 heavy (non-hydrogen) atoms. The van der Waals surface area contributed by atoms with Crippen molar-refractivity contribution in [3.05, 3.63) is 35.4 Å². The minimum Gasteiger partial charge on any atom is -0.391 e. The fraction of sp³-hybridized carbons (Fsp3) is 0.667. The van der Waals surface area contributed by atoms with Crippen LogP contribution >= 0.6 is 0 Å². The second-order valence-electron chi connectivity index (χ2n) is 7.57. The molecule has 3 rings (SSSR count). The highest BCUT2D eigenvalue weighted by molar-refractivity contribution is 5.80. The highest BCUT2D eigenvalue weighted by Gasteiger charge is 2.22. The Kier molecular flexibility index (Phi) is 7.32. The number of rotatable bonds is 5. The van der Waals surface area contributed by atoms with Crippen LogP contribution in [0.3, 0.4) is 0 Å². The summed E-state index contributed by atoms with van der Waals surface area (Å²) in [5.41, 5.74) is 2.63. The van der Waals surface area contributed by atoms with Crippen molar-refractivity contribution < 1.29 is 5.11 Å². The van der Waals surface area contributed by atoms with Gasteiger partial charge in [0.1, 0.15) is 0 Å². The van der Waals surface area contributed by atoms with Crippen molar-refractivity contribution in [2.24, 2.45) is 4.99 Å². The standard InChI is InChI=1S/C21H34N4O/c1-2-22-21(25-14-11-20(26)17-25)23-15-18-7-9-19(10-8-18)16-24-12-5-3-4-6-13-24/h7-10,20,26H,2-6,11-17H2,1H3,(H,22,23)/t20-/m1/s1. The van der Waals surface area contributed by atoms with Crippen LogP contribution in [-0.4, -0.2) is 59.7 Å². The van der Waals surface area contributed by atoms with E-state index in [0.717, 1.165) is 32.0 Å². The Bertz CT molecular complexity index is 564. The molecule has 0 amide bonds. The summed E-state index contributed by atoms with van der Waals surface area (Å²) in [6.45, 7) is 8.71. The lowest BCUT2D eigenvalue weighted by Crippen LogP contribution is -2.40. The molecule has 2 fully saturated rings. The Morgan fingerprint density at radius 3 is 2.38 bits per heavy atom. The van der Waals surface area contributed by atoms with Gasteiger partial charge in [0, 0.05) is 26.2 Å². The van der Waals surface area contributed by atoms with E-state index in [0.29, 0.717) is 13.1 Å². The molecule has 1 atom stereocenters. The topological polar surface area (TPSA) is 51.1 Å². The molecular formula is C21H34N4O. The van der Waals surface area contributed by atoms with E-state index in [1.54, 1.807) is 0 Å². The molecule has 2 N–H and O–H groups in total. The lowest BCUT2D eigenvalue weighted by molar-refractivity contribution is 0.188. The number of benzene rings is 1. The molecule has 2 aliphatic rings. The summed E-state index contributed by atoms with van der Waals surface area (Å²) < 4.78 is 0. The van der Waals surface area contributed by atoms with Gasteiger partial charge in [-0.05, 0) is 50.4 Å². The van der Waals surface area contributed by atoms with Gasteiger partial charge < -0.3 is 15.3 Å². The second kappa shape index (κ2) is 9.93. The maximum absolute atomic E-state index is 9.76. The van der Waals surface area contributed by atoms with Crippen molar-refractivity contribution in [1.29, 1.82) is 0 Å². The Hall–Kier alpha value is -1.59. The van der Waals surface area contributed by atoms with Crippen molar-refractivity contribution in [3.63, 3.8) is 0 Å². The lowest BCUT2D eigenvalue weighted by Gasteiger charge is -2.21. The largest absolute Gasteiger partial charge is 0.391 e. The molecule has 0 bridgehead atoms. The van der Waals surface area contributed by atoms with Crippen molar-refractivity contribution in [3.8, 4) is 0 Å². The summed E-state index contributed by atoms with van der Waals surface area (Å²) in [6.07, 6.45) is 6.05. The van der Waals surface area contributed by atoms with E-state index >= 15 is 0 Å². The number of nitrogens with one attached hydrogen (secondary N) is 1. The van der Waals surface area contributed by atoms with E-state index in [4.69, 9.17) is 4.99 Å². The highest BCUT2D eigenvalue weighted by atomic mass is 16.3. The molecule has 144 valence electrons. The normalized spacial score (nSPS) is 22.5. The maximum atomic E-state index is 9.76. The molecule has 5 nitrogen and oxygen atoms in total. The summed E-state index contributed by atoms with van der Waals surface area (Å²) >= 11 is 0. The highest BCUT2D eigenvalue weighted by Crippen LogP contribution is 2.15. The molecule has 0 aliphatic carbocycles. The minimum absolute atomic E-state index is 0.225. The molecule has 0 saturated carbocycles. The third-order valence-electron chi connectivity index (χ3n) is 5.34. The molecule has 1 aromatic carbocycles. The van der Waals surface area contributed by atoms with E-state index in [1.807, 2.05) is 0 Å². The van der Waals surface area contributed by atoms with Crippen LogP contribution in [0.2, 0.25) is 0 Å². The summed E-state index contributed by atoms with van der Waals surface area (Å²) in [5.74, 6) is 0.915. The van der Waals surface area contributed by atoms with Crippen LogP contribution in [0.15, 0.2) is 29.3 Å². The Morgan fingerprint density at radius 1 is 1.08 bits per heavy atom. The number of aliphatic imine (C=N–C) groups is 1. The molecule has 2 heterocycles. The van der Waals surface area contributed by atoms with Gasteiger partial charge >= 0.3 is 0 Å². The van der Waals surface area contributed by atoms with Gasteiger partial charge in [-0.3, -0.25) is 4.90 Å². The van der Waals surface area contributed by atoms with Gasteiger partial charge in [-0.25, -0.2) is 4.99 Å². The van der Waals surface area contributed by atoms with E-state index in [-0.39, 0.29) is 6.10 Å². The van der Waals surface area contributed by atoms with Crippen molar-refractivity contribution in [1.82, 2.24) is 15.1 Å². The number of nitrogens with zero attached hydrogens (tertiary/aromatic N) is 3. The summed E-state index contributed by atoms with van der Waals surface area (Å²) in [4.78, 5) is 9.51. The fourth-order valence-electron chi connectivity index (χ4n) is 3.83. The van der Waals surface area contributed by atoms with Gasteiger partial charge in [0.2, 0.25) is 0 Å². The summed E-state index contributed by atoms with van der Waals surface area (Å²) in [6, 6.07) is 8.92. The first-order valence-electron chi connectivity index (χ1n) is 10.3. The number of hydrogen-bond donors (Lipinski definition) is 2. The van der Waals surface area contributed by atoms with Crippen molar-refractivity contribution in [2.75, 3.05) is 32.7 Å². The van der Waals surface area contributed by atoms with Gasteiger partial charge in [-0.15, -0.1) is 0 Å². The van der Waals surface area contributed by atoms with Crippen LogP contribution in [0, 0.1) is 0 Å². The average molecular weight is 359 g/mol. The van der Waals surface area contributed by atoms with Crippen LogP contribution in [-0.2, 0) is 13.1 Å². The Morgan fingerprint density at radius 2 is 1.77 bits per heavy atom. The maximum Gasteiger partial charge on any atom is 0.194 e. The van der Waals surface area contributed by atoms with Crippen LogP contribution in [0.25, 0.3) is 0 Å². The molecule has 2 aliphatic heterocycles. The van der Waals surface area contributed by atoms with Crippen molar-refractivity contribution in [2.45, 2.75) is 58.2 Å². The number of β-amino-alcohol motifs (C(OH)–C–C–N with tert-alkyl or cyclic N) is 1. The SMILES string of the molecule is CCNC(=NCc1ccc(CN2CCCCCC2)cc1)N1CC[C@@H](O)C1. The predicted octanol–water partition coefficient (Wildman–Crippen LogP) is 2.59. The fourth-order valence-corrected chi connectivity index (χ4v) is 3.83. The van der Waals surface area contributed by atoms with Gasteiger partial charge in [-0.1, -0.05) is 37.1 Å². The molecule has 2 saturated heterocycles. The first-order chi connectivity index (χ1) is 12.7. The smallest absolute Gasteiger partial charge is 0.194 e. The Labute approximate surface area is 158 Å². The number of hydrogen-bond acceptors (Lipinski definition) is 3. The summed E-state index contributed by atoms with van der Waals surface area (Å²) in [7, 11) is 0. The number of likely N-dealkylation sites (tertiary alicyclic amines) is 2.